The van der Waals surface area contributed by atoms with E-state index in [4.69, 9.17) is 4.74 Å². The molecule has 8 nitrogen and oxygen atoms in total. The maximum atomic E-state index is 14.3. The Morgan fingerprint density at radius 3 is 2.61 bits per heavy atom. The lowest BCUT2D eigenvalue weighted by Gasteiger charge is -2.11. The minimum absolute atomic E-state index is 0.0679. The average molecular weight is 547 g/mol. The first-order chi connectivity index (χ1) is 20.1. The SMILES string of the molecule is COc1cc(F)cc(-c2cncc3[nH]c(-c4n[nH]c5ccc(-c6cncc(NC(=O)C7CCCC7)c6)cc45)cc23)c1. The molecular formula is C32H27FN6O2. The molecule has 0 unspecified atom stereocenters. The molecule has 204 valence electrons. The van der Waals surface area contributed by atoms with E-state index in [0.717, 1.165) is 75.6 Å². The molecular weight excluding hydrogens is 519 g/mol. The molecule has 0 atom stereocenters. The maximum absolute atomic E-state index is 14.3. The summed E-state index contributed by atoms with van der Waals surface area (Å²) in [4.78, 5) is 24.9. The summed E-state index contributed by atoms with van der Waals surface area (Å²) in [6, 6.07) is 14.6. The number of halogens is 1. The molecule has 6 aromatic rings. The third-order valence-electron chi connectivity index (χ3n) is 7.85. The van der Waals surface area contributed by atoms with E-state index in [1.54, 1.807) is 30.9 Å². The van der Waals surface area contributed by atoms with Crippen LogP contribution in [0.25, 0.3) is 55.4 Å². The number of carbonyl (C=O) groups is 1. The van der Waals surface area contributed by atoms with E-state index < -0.39 is 0 Å². The molecule has 4 aromatic heterocycles. The summed E-state index contributed by atoms with van der Waals surface area (Å²) >= 11 is 0. The lowest BCUT2D eigenvalue weighted by atomic mass is 10.0. The summed E-state index contributed by atoms with van der Waals surface area (Å²) < 4.78 is 19.6. The normalized spacial score (nSPS) is 13.7. The van der Waals surface area contributed by atoms with Crippen LogP contribution in [0.5, 0.6) is 5.75 Å². The minimum Gasteiger partial charge on any atom is -0.497 e. The van der Waals surface area contributed by atoms with Crippen LogP contribution in [0.4, 0.5) is 10.1 Å². The number of H-pyrrole nitrogens is 2. The van der Waals surface area contributed by atoms with Gasteiger partial charge in [0.25, 0.3) is 0 Å². The van der Waals surface area contributed by atoms with Gasteiger partial charge in [0.15, 0.2) is 0 Å². The number of amides is 1. The van der Waals surface area contributed by atoms with E-state index in [1.165, 1.54) is 19.2 Å². The molecule has 1 saturated carbocycles. The Morgan fingerprint density at radius 1 is 0.902 bits per heavy atom. The van der Waals surface area contributed by atoms with Gasteiger partial charge in [-0.05, 0) is 60.4 Å². The van der Waals surface area contributed by atoms with Crippen molar-refractivity contribution >= 4 is 33.4 Å². The number of aromatic nitrogens is 5. The smallest absolute Gasteiger partial charge is 0.227 e. The first kappa shape index (κ1) is 25.0. The summed E-state index contributed by atoms with van der Waals surface area (Å²) in [7, 11) is 1.52. The summed E-state index contributed by atoms with van der Waals surface area (Å²) in [5.74, 6) is 0.210. The molecule has 9 heteroatoms. The number of hydrogen-bond acceptors (Lipinski definition) is 5. The quantitative estimate of drug-likeness (QED) is 0.206. The third kappa shape index (κ3) is 4.69. The van der Waals surface area contributed by atoms with Gasteiger partial charge < -0.3 is 15.0 Å². The second-order valence-corrected chi connectivity index (χ2v) is 10.5. The molecule has 41 heavy (non-hydrogen) atoms. The molecule has 0 radical (unpaired) electrons. The maximum Gasteiger partial charge on any atom is 0.227 e. The fourth-order valence-corrected chi connectivity index (χ4v) is 5.74. The molecule has 2 aromatic carbocycles. The average Bonchev–Trinajstić information content (AvgIpc) is 3.76. The number of rotatable bonds is 6. The molecule has 0 bridgehead atoms. The fourth-order valence-electron chi connectivity index (χ4n) is 5.74. The highest BCUT2D eigenvalue weighted by Crippen LogP contribution is 2.36. The molecule has 1 amide bonds. The van der Waals surface area contributed by atoms with Crippen molar-refractivity contribution in [2.24, 2.45) is 5.92 Å². The van der Waals surface area contributed by atoms with Crippen molar-refractivity contribution in [1.82, 2.24) is 25.1 Å². The predicted molar refractivity (Wildman–Crippen MR) is 157 cm³/mol. The molecule has 3 N–H and O–H groups in total. The van der Waals surface area contributed by atoms with E-state index in [9.17, 15) is 9.18 Å². The molecule has 7 rings (SSSR count). The van der Waals surface area contributed by atoms with Crippen molar-refractivity contribution in [3.63, 3.8) is 0 Å². The van der Waals surface area contributed by atoms with Crippen molar-refractivity contribution < 1.29 is 13.9 Å². The summed E-state index contributed by atoms with van der Waals surface area (Å²) in [5.41, 5.74) is 7.24. The van der Waals surface area contributed by atoms with Crippen molar-refractivity contribution in [3.8, 4) is 39.4 Å². The standard InChI is InChI=1S/C32H27FN6O2/c1-41-24-10-20(8-22(33)12-24)27-16-35-17-30-25(27)13-29(37-30)31-26-11-19(6-7-28(26)38-39-31)21-9-23(15-34-14-21)36-32(40)18-4-2-3-5-18/h6-18,37H,2-5H2,1H3,(H,36,40)(H,38,39). The Labute approximate surface area is 235 Å². The fraction of sp³-hybridized carbons (Fsp3) is 0.188. The van der Waals surface area contributed by atoms with Crippen LogP contribution < -0.4 is 10.1 Å². The Morgan fingerprint density at radius 2 is 1.76 bits per heavy atom. The Kier molecular flexibility index (Phi) is 6.19. The van der Waals surface area contributed by atoms with Gasteiger partial charge in [0, 0.05) is 46.3 Å². The number of nitrogens with zero attached hydrogens (tertiary/aromatic N) is 3. The lowest BCUT2D eigenvalue weighted by molar-refractivity contribution is -0.119. The highest BCUT2D eigenvalue weighted by Gasteiger charge is 2.23. The monoisotopic (exact) mass is 546 g/mol. The first-order valence-corrected chi connectivity index (χ1v) is 13.6. The van der Waals surface area contributed by atoms with Crippen LogP contribution >= 0.6 is 0 Å². The molecule has 0 aliphatic heterocycles. The Balaban J connectivity index is 1.25. The highest BCUT2D eigenvalue weighted by atomic mass is 19.1. The van der Waals surface area contributed by atoms with Gasteiger partial charge in [-0.15, -0.1) is 0 Å². The lowest BCUT2D eigenvalue weighted by Crippen LogP contribution is -2.20. The van der Waals surface area contributed by atoms with Crippen LogP contribution in [-0.4, -0.2) is 38.2 Å². The highest BCUT2D eigenvalue weighted by molar-refractivity contribution is 6.01. The molecule has 1 aliphatic rings. The second-order valence-electron chi connectivity index (χ2n) is 10.5. The second kappa shape index (κ2) is 10.2. The zero-order valence-electron chi connectivity index (χ0n) is 22.4. The summed E-state index contributed by atoms with van der Waals surface area (Å²) in [6.07, 6.45) is 11.1. The Hall–Kier alpha value is -5.05. The molecule has 0 saturated heterocycles. The van der Waals surface area contributed by atoms with E-state index >= 15 is 0 Å². The third-order valence-corrected chi connectivity index (χ3v) is 7.85. The topological polar surface area (TPSA) is 109 Å². The number of benzene rings is 2. The van der Waals surface area contributed by atoms with Crippen LogP contribution in [0.2, 0.25) is 0 Å². The van der Waals surface area contributed by atoms with Crippen molar-refractivity contribution in [1.29, 1.82) is 0 Å². The number of nitrogens with one attached hydrogen (secondary N) is 3. The van der Waals surface area contributed by atoms with Gasteiger partial charge in [0.2, 0.25) is 5.91 Å². The van der Waals surface area contributed by atoms with Crippen LogP contribution in [0, 0.1) is 11.7 Å². The van der Waals surface area contributed by atoms with E-state index in [0.29, 0.717) is 17.0 Å². The molecule has 1 aliphatic carbocycles. The zero-order chi connectivity index (χ0) is 27.9. The number of aromatic amines is 2. The van der Waals surface area contributed by atoms with Crippen LogP contribution in [-0.2, 0) is 4.79 Å². The first-order valence-electron chi connectivity index (χ1n) is 13.6. The van der Waals surface area contributed by atoms with Crippen molar-refractivity contribution in [2.75, 3.05) is 12.4 Å². The largest absolute Gasteiger partial charge is 0.497 e. The molecule has 4 heterocycles. The van der Waals surface area contributed by atoms with Crippen molar-refractivity contribution in [2.45, 2.75) is 25.7 Å². The predicted octanol–water partition coefficient (Wildman–Crippen LogP) is 7.11. The van der Waals surface area contributed by atoms with Crippen LogP contribution in [0.15, 0.2) is 73.3 Å². The van der Waals surface area contributed by atoms with E-state index in [1.807, 2.05) is 24.3 Å². The van der Waals surface area contributed by atoms with Crippen LogP contribution in [0.1, 0.15) is 25.7 Å². The number of methoxy groups -OCH3 is 1. The number of pyridine rings is 2. The number of anilines is 1. The van der Waals surface area contributed by atoms with Crippen LogP contribution in [0.3, 0.4) is 0 Å². The minimum atomic E-state index is -0.380. The Bertz CT molecular complexity index is 1920. The van der Waals surface area contributed by atoms with Gasteiger partial charge in [-0.3, -0.25) is 19.9 Å². The number of hydrogen-bond donors (Lipinski definition) is 3. The van der Waals surface area contributed by atoms with E-state index in [-0.39, 0.29) is 17.6 Å². The number of fused-ring (bicyclic) bond motifs is 2. The van der Waals surface area contributed by atoms with Gasteiger partial charge >= 0.3 is 0 Å². The summed E-state index contributed by atoms with van der Waals surface area (Å²) in [5, 5.41) is 12.6. The number of ether oxygens (including phenoxy) is 1. The van der Waals surface area contributed by atoms with Gasteiger partial charge in [0.05, 0.1) is 41.9 Å². The van der Waals surface area contributed by atoms with Gasteiger partial charge in [-0.25, -0.2) is 4.39 Å². The number of carbonyl (C=O) groups excluding carboxylic acids is 1. The van der Waals surface area contributed by atoms with E-state index in [2.05, 4.69) is 36.5 Å². The molecule has 0 spiro atoms. The van der Waals surface area contributed by atoms with Gasteiger partial charge in [0.1, 0.15) is 17.3 Å². The van der Waals surface area contributed by atoms with Gasteiger partial charge in [-0.1, -0.05) is 18.9 Å². The molecule has 1 fully saturated rings. The van der Waals surface area contributed by atoms with Gasteiger partial charge in [-0.2, -0.15) is 5.10 Å². The zero-order valence-corrected chi connectivity index (χ0v) is 22.4. The van der Waals surface area contributed by atoms with Crippen molar-refractivity contribution in [3.05, 3.63) is 79.1 Å². The summed E-state index contributed by atoms with van der Waals surface area (Å²) in [6.45, 7) is 0.